The highest BCUT2D eigenvalue weighted by atomic mass is 19.1. The van der Waals surface area contributed by atoms with Crippen LogP contribution in [0.4, 0.5) is 19.0 Å². The fourth-order valence-electron chi connectivity index (χ4n) is 5.54. The fraction of sp³-hybridized carbons (Fsp3) is 0.414. The number of alkyl halides is 1. The summed E-state index contributed by atoms with van der Waals surface area (Å²) in [7, 11) is 0. The zero-order valence-corrected chi connectivity index (χ0v) is 22.6. The number of amides is 1. The molecule has 12 heteroatoms. The molecule has 4 heterocycles. The fourth-order valence-corrected chi connectivity index (χ4v) is 5.54. The van der Waals surface area contributed by atoms with Crippen LogP contribution in [0.5, 0.6) is 0 Å². The van der Waals surface area contributed by atoms with Gasteiger partial charge >= 0.3 is 0 Å². The van der Waals surface area contributed by atoms with E-state index < -0.39 is 29.3 Å². The number of carbonyl (C=O) groups is 1. The largest absolute Gasteiger partial charge is 0.391 e. The number of aliphatic hydroxyl groups excluding tert-OH is 1. The molecule has 2 saturated heterocycles. The molecule has 0 bridgehead atoms. The Hall–Kier alpha value is -4.06. The van der Waals surface area contributed by atoms with Crippen molar-refractivity contribution < 1.29 is 27.6 Å². The van der Waals surface area contributed by atoms with Crippen molar-refractivity contribution in [2.75, 3.05) is 31.1 Å². The number of fused-ring (bicyclic) bond motifs is 1. The van der Waals surface area contributed by atoms with Gasteiger partial charge in [-0.3, -0.25) is 4.79 Å². The molecule has 2 aliphatic rings. The van der Waals surface area contributed by atoms with E-state index in [9.17, 15) is 18.7 Å². The monoisotopic (exact) mass is 566 g/mol. The van der Waals surface area contributed by atoms with Gasteiger partial charge in [-0.25, -0.2) is 23.1 Å². The third-order valence-electron chi connectivity index (χ3n) is 7.75. The molecule has 2 aromatic carbocycles. The van der Waals surface area contributed by atoms with E-state index in [1.165, 1.54) is 49.3 Å². The number of rotatable bonds is 5. The lowest BCUT2D eigenvalue weighted by atomic mass is 9.95. The van der Waals surface area contributed by atoms with Crippen LogP contribution < -0.4 is 4.90 Å². The molecular weight excluding hydrogens is 537 g/mol. The Bertz CT molecular complexity index is 1610. The van der Waals surface area contributed by atoms with E-state index in [1.807, 2.05) is 4.90 Å². The second-order valence-electron chi connectivity index (χ2n) is 11.1. The van der Waals surface area contributed by atoms with Crippen molar-refractivity contribution in [1.29, 1.82) is 0 Å². The van der Waals surface area contributed by atoms with Crippen LogP contribution in [0.3, 0.4) is 0 Å². The van der Waals surface area contributed by atoms with Gasteiger partial charge in [-0.2, -0.15) is 4.98 Å². The third-order valence-corrected chi connectivity index (χ3v) is 7.75. The number of carbonyl (C=O) groups excluding carboxylic acids is 1. The maximum Gasteiger partial charge on any atom is 0.263 e. The highest BCUT2D eigenvalue weighted by Gasteiger charge is 2.31. The zero-order chi connectivity index (χ0) is 28.9. The van der Waals surface area contributed by atoms with Crippen molar-refractivity contribution in [3.8, 4) is 11.1 Å². The Morgan fingerprint density at radius 1 is 1.07 bits per heavy atom. The minimum Gasteiger partial charge on any atom is -0.391 e. The summed E-state index contributed by atoms with van der Waals surface area (Å²) in [5.74, 6) is -0.804. The normalized spacial score (nSPS) is 18.4. The molecule has 41 heavy (non-hydrogen) atoms. The molecule has 4 aromatic rings. The first-order chi connectivity index (χ1) is 19.6. The predicted molar refractivity (Wildman–Crippen MR) is 144 cm³/mol. The van der Waals surface area contributed by atoms with Crippen molar-refractivity contribution in [3.63, 3.8) is 0 Å². The topological polar surface area (TPSA) is 108 Å². The second kappa shape index (κ2) is 10.4. The molecule has 6 rings (SSSR count). The number of aliphatic hydroxyl groups is 1. The van der Waals surface area contributed by atoms with Crippen LogP contribution in [-0.2, 0) is 5.67 Å². The van der Waals surface area contributed by atoms with E-state index in [4.69, 9.17) is 4.52 Å². The molecule has 2 aliphatic heterocycles. The SMILES string of the molecule is CC(C)(F)c1nc(C2CCN(c3ncnc4c(-c5ccc(C(=O)N6CCC(O)C6)c(F)c5)cc(F)cc34)CC2)no1. The number of β-amino-alcohol motifs (C(OH)–C–C–N with tert-alkyl or cyclic N) is 1. The summed E-state index contributed by atoms with van der Waals surface area (Å²) in [5, 5.41) is 14.2. The molecule has 1 amide bonds. The number of hydrogen-bond acceptors (Lipinski definition) is 8. The molecule has 2 aromatic heterocycles. The van der Waals surface area contributed by atoms with Gasteiger partial charge < -0.3 is 19.4 Å². The highest BCUT2D eigenvalue weighted by Crippen LogP contribution is 2.36. The molecule has 1 unspecified atom stereocenters. The van der Waals surface area contributed by atoms with Crippen LogP contribution in [0.1, 0.15) is 61.1 Å². The second-order valence-corrected chi connectivity index (χ2v) is 11.1. The standard InChI is InChI=1S/C29H29F3N6O3/c1-29(2,32)28-35-25(36-41-28)16-5-8-37(9-6-16)26-22-13-18(30)12-21(24(22)33-15-34-26)17-3-4-20(23(31)11-17)27(40)38-10-7-19(39)14-38/h3-4,11-13,15-16,19,39H,5-10,14H2,1-2H3. The minimum atomic E-state index is -1.72. The first kappa shape index (κ1) is 27.1. The Labute approximate surface area is 234 Å². The van der Waals surface area contributed by atoms with Gasteiger partial charge in [0.15, 0.2) is 11.5 Å². The molecule has 0 radical (unpaired) electrons. The summed E-state index contributed by atoms with van der Waals surface area (Å²) in [4.78, 5) is 29.3. The lowest BCUT2D eigenvalue weighted by molar-refractivity contribution is 0.0760. The lowest BCUT2D eigenvalue weighted by Crippen LogP contribution is -2.34. The molecule has 0 spiro atoms. The van der Waals surface area contributed by atoms with Gasteiger partial charge in [-0.05, 0) is 62.9 Å². The first-order valence-corrected chi connectivity index (χ1v) is 13.6. The summed E-state index contributed by atoms with van der Waals surface area (Å²) in [6.45, 7) is 4.40. The van der Waals surface area contributed by atoms with E-state index >= 15 is 4.39 Å². The molecule has 0 aliphatic carbocycles. The van der Waals surface area contributed by atoms with Crippen molar-refractivity contribution >= 4 is 22.6 Å². The number of piperidine rings is 1. The number of benzene rings is 2. The van der Waals surface area contributed by atoms with Gasteiger partial charge in [0.05, 0.1) is 17.2 Å². The zero-order valence-electron chi connectivity index (χ0n) is 22.6. The Morgan fingerprint density at radius 2 is 1.85 bits per heavy atom. The van der Waals surface area contributed by atoms with E-state index in [-0.39, 0.29) is 23.9 Å². The number of halogens is 3. The smallest absolute Gasteiger partial charge is 0.263 e. The van der Waals surface area contributed by atoms with Crippen LogP contribution in [0.2, 0.25) is 0 Å². The van der Waals surface area contributed by atoms with Gasteiger partial charge in [-0.1, -0.05) is 11.2 Å². The summed E-state index contributed by atoms with van der Waals surface area (Å²) in [6, 6.07) is 6.82. The number of likely N-dealkylation sites (tertiary alicyclic amines) is 1. The lowest BCUT2D eigenvalue weighted by Gasteiger charge is -2.32. The predicted octanol–water partition coefficient (Wildman–Crippen LogP) is 4.75. The Kier molecular flexibility index (Phi) is 6.88. The average molecular weight is 567 g/mol. The van der Waals surface area contributed by atoms with Crippen molar-refractivity contribution in [2.24, 2.45) is 0 Å². The number of aromatic nitrogens is 4. The van der Waals surface area contributed by atoms with Crippen LogP contribution in [0, 0.1) is 11.6 Å². The van der Waals surface area contributed by atoms with Gasteiger partial charge in [-0.15, -0.1) is 0 Å². The van der Waals surface area contributed by atoms with Crippen LogP contribution in [0.15, 0.2) is 41.2 Å². The van der Waals surface area contributed by atoms with Gasteiger partial charge in [0.2, 0.25) is 0 Å². The van der Waals surface area contributed by atoms with Gasteiger partial charge in [0, 0.05) is 43.0 Å². The Balaban J connectivity index is 1.26. The molecule has 9 nitrogen and oxygen atoms in total. The average Bonchev–Trinajstić information content (AvgIpc) is 3.62. The molecule has 0 saturated carbocycles. The molecular formula is C29H29F3N6O3. The quantitative estimate of drug-likeness (QED) is 0.369. The molecule has 1 N–H and O–H groups in total. The third kappa shape index (κ3) is 5.23. The molecule has 1 atom stereocenters. The summed E-state index contributed by atoms with van der Waals surface area (Å²) in [6.07, 6.45) is 2.56. The maximum atomic E-state index is 15.2. The van der Waals surface area contributed by atoms with Gasteiger partial charge in [0.1, 0.15) is 23.8 Å². The van der Waals surface area contributed by atoms with Crippen LogP contribution in [-0.4, -0.2) is 68.3 Å². The van der Waals surface area contributed by atoms with Crippen LogP contribution in [0.25, 0.3) is 22.0 Å². The van der Waals surface area contributed by atoms with E-state index in [0.717, 1.165) is 0 Å². The van der Waals surface area contributed by atoms with E-state index in [1.54, 1.807) is 6.07 Å². The first-order valence-electron chi connectivity index (χ1n) is 13.6. The van der Waals surface area contributed by atoms with E-state index in [0.29, 0.717) is 72.6 Å². The minimum absolute atomic E-state index is 0.0143. The van der Waals surface area contributed by atoms with Crippen molar-refractivity contribution in [3.05, 3.63) is 65.6 Å². The van der Waals surface area contributed by atoms with Crippen LogP contribution >= 0.6 is 0 Å². The Morgan fingerprint density at radius 3 is 2.51 bits per heavy atom. The summed E-state index contributed by atoms with van der Waals surface area (Å²) < 4.78 is 49.4. The summed E-state index contributed by atoms with van der Waals surface area (Å²) >= 11 is 0. The number of hydrogen-bond donors (Lipinski definition) is 1. The van der Waals surface area contributed by atoms with Crippen molar-refractivity contribution in [1.82, 2.24) is 25.0 Å². The highest BCUT2D eigenvalue weighted by molar-refractivity contribution is 6.00. The van der Waals surface area contributed by atoms with Gasteiger partial charge in [0.25, 0.3) is 11.8 Å². The molecule has 2 fully saturated rings. The maximum absolute atomic E-state index is 15.2. The summed E-state index contributed by atoms with van der Waals surface area (Å²) in [5.41, 5.74) is -0.624. The number of anilines is 1. The van der Waals surface area contributed by atoms with E-state index in [2.05, 4.69) is 20.1 Å². The van der Waals surface area contributed by atoms with Crippen molar-refractivity contribution in [2.45, 2.75) is 50.8 Å². The number of nitrogens with zero attached hydrogens (tertiary/aromatic N) is 6. The molecule has 214 valence electrons.